The van der Waals surface area contributed by atoms with Gasteiger partial charge in [0.15, 0.2) is 0 Å². The Bertz CT molecular complexity index is 682. The quantitative estimate of drug-likeness (QED) is 0.923. The van der Waals surface area contributed by atoms with E-state index >= 15 is 0 Å². The lowest BCUT2D eigenvalue weighted by molar-refractivity contribution is 0.0908. The summed E-state index contributed by atoms with van der Waals surface area (Å²) in [7, 11) is 0. The first-order valence-electron chi connectivity index (χ1n) is 7.99. The zero-order chi connectivity index (χ0) is 16.9. The van der Waals surface area contributed by atoms with Gasteiger partial charge in [-0.15, -0.1) is 0 Å². The summed E-state index contributed by atoms with van der Waals surface area (Å²) in [4.78, 5) is 18.2. The highest BCUT2D eigenvalue weighted by Crippen LogP contribution is 2.22. The van der Waals surface area contributed by atoms with E-state index in [0.717, 1.165) is 25.9 Å². The van der Waals surface area contributed by atoms with Gasteiger partial charge in [-0.25, -0.2) is 4.39 Å². The minimum atomic E-state index is -0.268. The lowest BCUT2D eigenvalue weighted by Gasteiger charge is -2.32. The topological polar surface area (TPSA) is 45.2 Å². The fourth-order valence-electron chi connectivity index (χ4n) is 2.91. The van der Waals surface area contributed by atoms with Crippen LogP contribution in [0.1, 0.15) is 28.8 Å². The van der Waals surface area contributed by atoms with Gasteiger partial charge >= 0.3 is 0 Å². The first kappa shape index (κ1) is 16.9. The van der Waals surface area contributed by atoms with Crippen molar-refractivity contribution >= 4 is 17.5 Å². The van der Waals surface area contributed by atoms with Crippen LogP contribution >= 0.6 is 11.6 Å². The van der Waals surface area contributed by atoms with Crippen LogP contribution in [-0.4, -0.2) is 34.9 Å². The van der Waals surface area contributed by atoms with Gasteiger partial charge in [0.2, 0.25) is 0 Å². The largest absolute Gasteiger partial charge is 0.349 e. The maximum absolute atomic E-state index is 13.9. The number of likely N-dealkylation sites (tertiary alicyclic amines) is 1. The van der Waals surface area contributed by atoms with Crippen LogP contribution in [0.3, 0.4) is 0 Å². The van der Waals surface area contributed by atoms with Gasteiger partial charge in [0.25, 0.3) is 5.91 Å². The summed E-state index contributed by atoms with van der Waals surface area (Å²) in [6.45, 7) is 2.09. The summed E-state index contributed by atoms with van der Waals surface area (Å²) in [5.41, 5.74) is 1.16. The number of hydrogen-bond acceptors (Lipinski definition) is 3. The van der Waals surface area contributed by atoms with Crippen LogP contribution < -0.4 is 5.32 Å². The minimum absolute atomic E-state index is 0.0759. The molecule has 3 rings (SSSR count). The lowest BCUT2D eigenvalue weighted by Crippen LogP contribution is -2.44. The standard InChI is InChI=1S/C18H19ClFN3O/c19-16-2-1-3-17(20)15(16)12-23-10-6-14(7-11-23)22-18(24)13-4-8-21-9-5-13/h1-5,8-9,14H,6-7,10-12H2,(H,22,24). The van der Waals surface area contributed by atoms with E-state index in [-0.39, 0.29) is 17.8 Å². The number of nitrogens with one attached hydrogen (secondary N) is 1. The van der Waals surface area contributed by atoms with E-state index in [1.807, 2.05) is 0 Å². The SMILES string of the molecule is O=C(NC1CCN(Cc2c(F)cccc2Cl)CC1)c1ccncc1. The van der Waals surface area contributed by atoms with E-state index in [1.54, 1.807) is 36.7 Å². The van der Waals surface area contributed by atoms with Crippen molar-refractivity contribution in [3.8, 4) is 0 Å². The van der Waals surface area contributed by atoms with Crippen LogP contribution in [0, 0.1) is 5.82 Å². The third-order valence-electron chi connectivity index (χ3n) is 4.31. The van der Waals surface area contributed by atoms with Crippen molar-refractivity contribution in [3.05, 3.63) is 64.7 Å². The minimum Gasteiger partial charge on any atom is -0.349 e. The summed E-state index contributed by atoms with van der Waals surface area (Å²) >= 11 is 6.09. The van der Waals surface area contributed by atoms with E-state index in [4.69, 9.17) is 11.6 Å². The van der Waals surface area contributed by atoms with E-state index in [0.29, 0.717) is 22.7 Å². The molecular formula is C18H19ClFN3O. The van der Waals surface area contributed by atoms with E-state index in [9.17, 15) is 9.18 Å². The molecule has 1 fully saturated rings. The Morgan fingerprint density at radius 2 is 1.96 bits per heavy atom. The number of rotatable bonds is 4. The second kappa shape index (κ2) is 7.73. The van der Waals surface area contributed by atoms with Gasteiger partial charge in [-0.05, 0) is 37.1 Å². The van der Waals surface area contributed by atoms with Crippen LogP contribution in [-0.2, 0) is 6.54 Å². The number of pyridine rings is 1. The Balaban J connectivity index is 1.52. The molecule has 1 saturated heterocycles. The fourth-order valence-corrected chi connectivity index (χ4v) is 3.14. The number of halogens is 2. The molecule has 0 bridgehead atoms. The number of benzene rings is 1. The van der Waals surface area contributed by atoms with Gasteiger partial charge in [-0.1, -0.05) is 17.7 Å². The Morgan fingerprint density at radius 3 is 2.62 bits per heavy atom. The number of aromatic nitrogens is 1. The number of carbonyl (C=O) groups is 1. The Kier molecular flexibility index (Phi) is 5.43. The van der Waals surface area contributed by atoms with E-state index < -0.39 is 0 Å². The molecule has 6 heteroatoms. The molecule has 0 saturated carbocycles. The number of hydrogen-bond donors (Lipinski definition) is 1. The molecule has 24 heavy (non-hydrogen) atoms. The third-order valence-corrected chi connectivity index (χ3v) is 4.66. The highest BCUT2D eigenvalue weighted by atomic mass is 35.5. The molecular weight excluding hydrogens is 329 g/mol. The van der Waals surface area contributed by atoms with Crippen molar-refractivity contribution in [2.45, 2.75) is 25.4 Å². The van der Waals surface area contributed by atoms with Crippen molar-refractivity contribution < 1.29 is 9.18 Å². The van der Waals surface area contributed by atoms with Crippen molar-refractivity contribution in [2.75, 3.05) is 13.1 Å². The highest BCUT2D eigenvalue weighted by molar-refractivity contribution is 6.31. The summed E-state index contributed by atoms with van der Waals surface area (Å²) in [6, 6.07) is 8.29. The molecule has 2 aromatic rings. The molecule has 1 amide bonds. The molecule has 2 heterocycles. The molecule has 0 atom stereocenters. The molecule has 0 spiro atoms. The van der Waals surface area contributed by atoms with Crippen LogP contribution in [0.25, 0.3) is 0 Å². The molecule has 1 aliphatic heterocycles. The lowest BCUT2D eigenvalue weighted by atomic mass is 10.0. The average molecular weight is 348 g/mol. The summed E-state index contributed by atoms with van der Waals surface area (Å²) < 4.78 is 13.9. The van der Waals surface area contributed by atoms with Gasteiger partial charge in [0, 0.05) is 54.2 Å². The van der Waals surface area contributed by atoms with Crippen molar-refractivity contribution in [1.82, 2.24) is 15.2 Å². The first-order chi connectivity index (χ1) is 11.6. The van der Waals surface area contributed by atoms with Crippen molar-refractivity contribution in [2.24, 2.45) is 0 Å². The molecule has 1 aromatic carbocycles. The number of carbonyl (C=O) groups excluding carboxylic acids is 1. The zero-order valence-electron chi connectivity index (χ0n) is 13.2. The van der Waals surface area contributed by atoms with Crippen LogP contribution in [0.15, 0.2) is 42.7 Å². The van der Waals surface area contributed by atoms with E-state index in [2.05, 4.69) is 15.2 Å². The Hall–Kier alpha value is -1.98. The second-order valence-corrected chi connectivity index (χ2v) is 6.37. The zero-order valence-corrected chi connectivity index (χ0v) is 14.0. The normalized spacial score (nSPS) is 16.1. The van der Waals surface area contributed by atoms with Crippen molar-refractivity contribution in [3.63, 3.8) is 0 Å². The first-order valence-corrected chi connectivity index (χ1v) is 8.37. The monoisotopic (exact) mass is 347 g/mol. The molecule has 0 unspecified atom stereocenters. The highest BCUT2D eigenvalue weighted by Gasteiger charge is 2.22. The van der Waals surface area contributed by atoms with Gasteiger partial charge < -0.3 is 5.32 Å². The second-order valence-electron chi connectivity index (χ2n) is 5.96. The average Bonchev–Trinajstić information content (AvgIpc) is 2.60. The summed E-state index contributed by atoms with van der Waals surface area (Å²) in [5.74, 6) is -0.344. The Labute approximate surface area is 145 Å². The van der Waals surface area contributed by atoms with Gasteiger partial charge in [-0.3, -0.25) is 14.7 Å². The molecule has 1 N–H and O–H groups in total. The van der Waals surface area contributed by atoms with Crippen LogP contribution in [0.2, 0.25) is 5.02 Å². The predicted octanol–water partition coefficient (Wildman–Crippen LogP) is 3.27. The van der Waals surface area contributed by atoms with E-state index in [1.165, 1.54) is 6.07 Å². The number of amides is 1. The smallest absolute Gasteiger partial charge is 0.251 e. The van der Waals surface area contributed by atoms with Crippen LogP contribution in [0.4, 0.5) is 4.39 Å². The number of nitrogens with zero attached hydrogens (tertiary/aromatic N) is 2. The molecule has 0 radical (unpaired) electrons. The molecule has 1 aromatic heterocycles. The third kappa shape index (κ3) is 4.10. The van der Waals surface area contributed by atoms with Crippen molar-refractivity contribution in [1.29, 1.82) is 0 Å². The molecule has 1 aliphatic rings. The number of piperidine rings is 1. The molecule has 0 aliphatic carbocycles. The van der Waals surface area contributed by atoms with Gasteiger partial charge in [0.1, 0.15) is 5.82 Å². The summed E-state index contributed by atoms with van der Waals surface area (Å²) in [6.07, 6.45) is 4.89. The molecule has 4 nitrogen and oxygen atoms in total. The fraction of sp³-hybridized carbons (Fsp3) is 0.333. The maximum atomic E-state index is 13.9. The maximum Gasteiger partial charge on any atom is 0.251 e. The van der Waals surface area contributed by atoms with Gasteiger partial charge in [-0.2, -0.15) is 0 Å². The predicted molar refractivity (Wildman–Crippen MR) is 91.4 cm³/mol. The summed E-state index contributed by atoms with van der Waals surface area (Å²) in [5, 5.41) is 3.51. The Morgan fingerprint density at radius 1 is 1.25 bits per heavy atom. The van der Waals surface area contributed by atoms with Gasteiger partial charge in [0.05, 0.1) is 0 Å². The molecule has 126 valence electrons. The van der Waals surface area contributed by atoms with Crippen LogP contribution in [0.5, 0.6) is 0 Å².